The Morgan fingerprint density at radius 1 is 1.41 bits per heavy atom. The molecule has 1 aromatic heterocycles. The largest absolute Gasteiger partial charge is 0.378 e. The summed E-state index contributed by atoms with van der Waals surface area (Å²) in [5.74, 6) is 1.03. The molecule has 0 amide bonds. The molecule has 3 nitrogen and oxygen atoms in total. The van der Waals surface area contributed by atoms with Crippen LogP contribution in [0.5, 0.6) is 0 Å². The molecule has 1 aliphatic rings. The first-order chi connectivity index (χ1) is 8.31. The summed E-state index contributed by atoms with van der Waals surface area (Å²) in [4.78, 5) is 7.95. The van der Waals surface area contributed by atoms with E-state index in [-0.39, 0.29) is 0 Å². The van der Waals surface area contributed by atoms with E-state index in [1.165, 1.54) is 12.8 Å². The second-order valence-electron chi connectivity index (χ2n) is 4.54. The van der Waals surface area contributed by atoms with Gasteiger partial charge in [-0.2, -0.15) is 0 Å². The SMILES string of the molecule is Brc1ccc2nc(CC3CCCCO3)[nH]c2c1. The number of hydrogen-bond acceptors (Lipinski definition) is 2. The summed E-state index contributed by atoms with van der Waals surface area (Å²) in [6, 6.07) is 6.11. The Labute approximate surface area is 109 Å². The Morgan fingerprint density at radius 2 is 2.35 bits per heavy atom. The first-order valence-electron chi connectivity index (χ1n) is 6.07. The van der Waals surface area contributed by atoms with Crippen molar-refractivity contribution in [2.24, 2.45) is 0 Å². The van der Waals surface area contributed by atoms with E-state index in [9.17, 15) is 0 Å². The van der Waals surface area contributed by atoms with E-state index in [1.807, 2.05) is 12.1 Å². The van der Waals surface area contributed by atoms with Crippen LogP contribution in [0.4, 0.5) is 0 Å². The number of nitrogens with zero attached hydrogens (tertiary/aromatic N) is 1. The molecule has 90 valence electrons. The van der Waals surface area contributed by atoms with E-state index in [0.29, 0.717) is 6.10 Å². The van der Waals surface area contributed by atoms with Crippen LogP contribution < -0.4 is 0 Å². The number of aromatic nitrogens is 2. The average Bonchev–Trinajstić information content (AvgIpc) is 2.71. The molecule has 1 fully saturated rings. The van der Waals surface area contributed by atoms with Gasteiger partial charge in [0.1, 0.15) is 5.82 Å². The first kappa shape index (κ1) is 11.2. The van der Waals surface area contributed by atoms with E-state index >= 15 is 0 Å². The summed E-state index contributed by atoms with van der Waals surface area (Å²) in [6.45, 7) is 0.899. The Bertz CT molecular complexity index is 517. The molecule has 1 aromatic carbocycles. The number of ether oxygens (including phenoxy) is 1. The van der Waals surface area contributed by atoms with Gasteiger partial charge in [0.05, 0.1) is 17.1 Å². The fourth-order valence-electron chi connectivity index (χ4n) is 2.32. The normalized spacial score (nSPS) is 20.9. The number of H-pyrrole nitrogens is 1. The molecule has 1 N–H and O–H groups in total. The highest BCUT2D eigenvalue weighted by Crippen LogP contribution is 2.20. The fraction of sp³-hybridized carbons (Fsp3) is 0.462. The van der Waals surface area contributed by atoms with Gasteiger partial charge in [0.15, 0.2) is 0 Å². The third-order valence-electron chi connectivity index (χ3n) is 3.19. The number of benzene rings is 1. The monoisotopic (exact) mass is 294 g/mol. The molecular formula is C13H15BrN2O. The van der Waals surface area contributed by atoms with Gasteiger partial charge in [-0.3, -0.25) is 0 Å². The lowest BCUT2D eigenvalue weighted by molar-refractivity contribution is 0.0158. The quantitative estimate of drug-likeness (QED) is 0.921. The predicted molar refractivity (Wildman–Crippen MR) is 71.1 cm³/mol. The summed E-state index contributed by atoms with van der Waals surface area (Å²) in [5, 5.41) is 0. The van der Waals surface area contributed by atoms with Crippen molar-refractivity contribution in [1.82, 2.24) is 9.97 Å². The van der Waals surface area contributed by atoms with Gasteiger partial charge in [-0.15, -0.1) is 0 Å². The van der Waals surface area contributed by atoms with Crippen LogP contribution >= 0.6 is 15.9 Å². The Morgan fingerprint density at radius 3 is 3.18 bits per heavy atom. The van der Waals surface area contributed by atoms with E-state index in [4.69, 9.17) is 4.74 Å². The minimum absolute atomic E-state index is 0.341. The predicted octanol–water partition coefficient (Wildman–Crippen LogP) is 3.44. The summed E-state index contributed by atoms with van der Waals surface area (Å²) in [6.07, 6.45) is 4.86. The molecule has 4 heteroatoms. The molecule has 0 bridgehead atoms. The Balaban J connectivity index is 1.80. The number of imidazole rings is 1. The van der Waals surface area contributed by atoms with Crippen molar-refractivity contribution in [3.8, 4) is 0 Å². The van der Waals surface area contributed by atoms with Crippen LogP contribution in [0.3, 0.4) is 0 Å². The van der Waals surface area contributed by atoms with Crippen LogP contribution in [0.15, 0.2) is 22.7 Å². The number of nitrogens with one attached hydrogen (secondary N) is 1. The Hall–Kier alpha value is -0.870. The number of aromatic amines is 1. The van der Waals surface area contributed by atoms with Gasteiger partial charge in [0.2, 0.25) is 0 Å². The maximum absolute atomic E-state index is 5.73. The number of hydrogen-bond donors (Lipinski definition) is 1. The molecule has 17 heavy (non-hydrogen) atoms. The molecule has 0 spiro atoms. The second kappa shape index (κ2) is 4.78. The van der Waals surface area contributed by atoms with Gasteiger partial charge >= 0.3 is 0 Å². The van der Waals surface area contributed by atoms with Gasteiger partial charge in [0.25, 0.3) is 0 Å². The molecular weight excluding hydrogens is 280 g/mol. The Kier molecular flexibility index (Phi) is 3.16. The van der Waals surface area contributed by atoms with Crippen LogP contribution in [0.2, 0.25) is 0 Å². The molecule has 0 aliphatic carbocycles. The van der Waals surface area contributed by atoms with Crippen molar-refractivity contribution < 1.29 is 4.74 Å². The van der Waals surface area contributed by atoms with Crippen LogP contribution in [0.1, 0.15) is 25.1 Å². The van der Waals surface area contributed by atoms with Crippen molar-refractivity contribution in [2.45, 2.75) is 31.8 Å². The summed E-state index contributed by atoms with van der Waals surface area (Å²) in [7, 11) is 0. The van der Waals surface area contributed by atoms with Gasteiger partial charge in [-0.25, -0.2) is 4.98 Å². The highest BCUT2D eigenvalue weighted by Gasteiger charge is 2.16. The van der Waals surface area contributed by atoms with Crippen molar-refractivity contribution in [1.29, 1.82) is 0 Å². The van der Waals surface area contributed by atoms with E-state index in [1.54, 1.807) is 0 Å². The summed E-state index contributed by atoms with van der Waals surface area (Å²) < 4.78 is 6.81. The third-order valence-corrected chi connectivity index (χ3v) is 3.68. The standard InChI is InChI=1S/C13H15BrN2O/c14-9-4-5-11-12(7-9)16-13(15-11)8-10-3-1-2-6-17-10/h4-5,7,10H,1-3,6,8H2,(H,15,16). The van der Waals surface area contributed by atoms with Crippen molar-refractivity contribution >= 4 is 27.0 Å². The van der Waals surface area contributed by atoms with Crippen LogP contribution in [0.25, 0.3) is 11.0 Å². The van der Waals surface area contributed by atoms with Crippen molar-refractivity contribution in [3.05, 3.63) is 28.5 Å². The summed E-state index contributed by atoms with van der Waals surface area (Å²) >= 11 is 3.47. The number of halogens is 1. The summed E-state index contributed by atoms with van der Waals surface area (Å²) in [5.41, 5.74) is 2.11. The highest BCUT2D eigenvalue weighted by atomic mass is 79.9. The molecule has 1 saturated heterocycles. The third kappa shape index (κ3) is 2.53. The lowest BCUT2D eigenvalue weighted by Gasteiger charge is -2.21. The number of rotatable bonds is 2. The first-order valence-corrected chi connectivity index (χ1v) is 6.86. The molecule has 1 atom stereocenters. The van der Waals surface area contributed by atoms with Crippen molar-refractivity contribution in [2.75, 3.05) is 6.61 Å². The molecule has 1 aliphatic heterocycles. The van der Waals surface area contributed by atoms with Gasteiger partial charge in [-0.05, 0) is 37.5 Å². The molecule has 3 rings (SSSR count). The molecule has 0 saturated carbocycles. The van der Waals surface area contributed by atoms with Crippen molar-refractivity contribution in [3.63, 3.8) is 0 Å². The molecule has 2 aromatic rings. The van der Waals surface area contributed by atoms with Gasteiger partial charge in [-0.1, -0.05) is 15.9 Å². The maximum atomic E-state index is 5.73. The molecule has 2 heterocycles. The lowest BCUT2D eigenvalue weighted by atomic mass is 10.1. The zero-order valence-electron chi connectivity index (χ0n) is 9.58. The lowest BCUT2D eigenvalue weighted by Crippen LogP contribution is -2.21. The number of fused-ring (bicyclic) bond motifs is 1. The second-order valence-corrected chi connectivity index (χ2v) is 5.45. The van der Waals surface area contributed by atoms with E-state index in [2.05, 4.69) is 32.0 Å². The highest BCUT2D eigenvalue weighted by molar-refractivity contribution is 9.10. The fourth-order valence-corrected chi connectivity index (χ4v) is 2.68. The smallest absolute Gasteiger partial charge is 0.109 e. The van der Waals surface area contributed by atoms with E-state index < -0.39 is 0 Å². The zero-order valence-corrected chi connectivity index (χ0v) is 11.2. The van der Waals surface area contributed by atoms with Crippen LogP contribution in [-0.2, 0) is 11.2 Å². The minimum Gasteiger partial charge on any atom is -0.378 e. The van der Waals surface area contributed by atoms with Crippen LogP contribution in [0, 0.1) is 0 Å². The van der Waals surface area contributed by atoms with Crippen LogP contribution in [-0.4, -0.2) is 22.7 Å². The molecule has 1 unspecified atom stereocenters. The maximum Gasteiger partial charge on any atom is 0.109 e. The van der Waals surface area contributed by atoms with Gasteiger partial charge < -0.3 is 9.72 Å². The topological polar surface area (TPSA) is 37.9 Å². The van der Waals surface area contributed by atoms with Gasteiger partial charge in [0, 0.05) is 17.5 Å². The minimum atomic E-state index is 0.341. The van der Waals surface area contributed by atoms with E-state index in [0.717, 1.165) is 40.8 Å². The molecule has 0 radical (unpaired) electrons. The average molecular weight is 295 g/mol. The zero-order chi connectivity index (χ0) is 11.7.